The van der Waals surface area contributed by atoms with E-state index in [1.807, 2.05) is 0 Å². The number of rotatable bonds is 4. The Morgan fingerprint density at radius 1 is 1.67 bits per heavy atom. The fourth-order valence-electron chi connectivity index (χ4n) is 2.46. The van der Waals surface area contributed by atoms with E-state index in [9.17, 15) is 0 Å². The van der Waals surface area contributed by atoms with E-state index >= 15 is 0 Å². The SMILES string of the molecule is C=C(C[C@@H](C)CO)[C@H]1CC=C(C)C1(C)C. The minimum absolute atomic E-state index is 0.256. The summed E-state index contributed by atoms with van der Waals surface area (Å²) in [6, 6.07) is 0. The zero-order valence-electron chi connectivity index (χ0n) is 10.5. The van der Waals surface area contributed by atoms with E-state index in [1.54, 1.807) is 0 Å². The van der Waals surface area contributed by atoms with Gasteiger partial charge in [-0.1, -0.05) is 44.6 Å². The highest BCUT2D eigenvalue weighted by molar-refractivity contribution is 5.25. The molecule has 1 N–H and O–H groups in total. The van der Waals surface area contributed by atoms with Gasteiger partial charge in [-0.25, -0.2) is 0 Å². The van der Waals surface area contributed by atoms with Gasteiger partial charge >= 0.3 is 0 Å². The standard InChI is InChI=1S/C14H24O/c1-10(9-15)8-11(2)13-7-6-12(3)14(13,4)5/h6,10,13,15H,2,7-9H2,1,3-5H3/t10-,13-/m1/s1. The smallest absolute Gasteiger partial charge is 0.0459 e. The zero-order chi connectivity index (χ0) is 11.6. The van der Waals surface area contributed by atoms with Crippen molar-refractivity contribution in [1.82, 2.24) is 0 Å². The number of hydrogen-bond acceptors (Lipinski definition) is 1. The fourth-order valence-corrected chi connectivity index (χ4v) is 2.46. The van der Waals surface area contributed by atoms with E-state index in [4.69, 9.17) is 5.11 Å². The van der Waals surface area contributed by atoms with Crippen molar-refractivity contribution in [3.05, 3.63) is 23.8 Å². The van der Waals surface area contributed by atoms with Crippen LogP contribution in [0.25, 0.3) is 0 Å². The van der Waals surface area contributed by atoms with Crippen LogP contribution in [0.15, 0.2) is 23.8 Å². The van der Waals surface area contributed by atoms with Crippen LogP contribution in [0, 0.1) is 17.3 Å². The molecular formula is C14H24O. The van der Waals surface area contributed by atoms with Crippen molar-refractivity contribution in [2.75, 3.05) is 6.61 Å². The first kappa shape index (κ1) is 12.5. The number of allylic oxidation sites excluding steroid dienone is 3. The average Bonchev–Trinajstić information content (AvgIpc) is 2.41. The largest absolute Gasteiger partial charge is 0.396 e. The van der Waals surface area contributed by atoms with E-state index in [2.05, 4.69) is 40.3 Å². The molecule has 0 aromatic carbocycles. The Hall–Kier alpha value is -0.560. The molecule has 0 amide bonds. The van der Waals surface area contributed by atoms with Gasteiger partial charge in [0.25, 0.3) is 0 Å². The number of hydrogen-bond donors (Lipinski definition) is 1. The Morgan fingerprint density at radius 2 is 2.27 bits per heavy atom. The van der Waals surface area contributed by atoms with Gasteiger partial charge in [0.05, 0.1) is 0 Å². The first-order valence-electron chi connectivity index (χ1n) is 5.85. The first-order valence-corrected chi connectivity index (χ1v) is 5.85. The molecule has 1 heteroatoms. The second kappa shape index (κ2) is 4.52. The summed E-state index contributed by atoms with van der Waals surface area (Å²) in [5.74, 6) is 0.903. The monoisotopic (exact) mass is 208 g/mol. The van der Waals surface area contributed by atoms with Crippen LogP contribution in [-0.4, -0.2) is 11.7 Å². The Balaban J connectivity index is 2.64. The molecule has 0 radical (unpaired) electrons. The summed E-state index contributed by atoms with van der Waals surface area (Å²) >= 11 is 0. The molecule has 0 heterocycles. The summed E-state index contributed by atoms with van der Waals surface area (Å²) < 4.78 is 0. The van der Waals surface area contributed by atoms with Crippen molar-refractivity contribution in [1.29, 1.82) is 0 Å². The van der Waals surface area contributed by atoms with Gasteiger partial charge in [-0.3, -0.25) is 0 Å². The molecule has 0 aliphatic heterocycles. The maximum Gasteiger partial charge on any atom is 0.0459 e. The molecule has 0 aromatic rings. The molecule has 0 unspecified atom stereocenters. The van der Waals surface area contributed by atoms with E-state index in [0.717, 1.165) is 12.8 Å². The van der Waals surface area contributed by atoms with Gasteiger partial charge in [0, 0.05) is 6.61 Å². The number of aliphatic hydroxyl groups is 1. The van der Waals surface area contributed by atoms with Gasteiger partial charge in [-0.15, -0.1) is 0 Å². The van der Waals surface area contributed by atoms with Crippen LogP contribution in [0.1, 0.15) is 40.5 Å². The summed E-state index contributed by atoms with van der Waals surface area (Å²) in [6.45, 7) is 13.4. The van der Waals surface area contributed by atoms with Crippen LogP contribution < -0.4 is 0 Å². The third-order valence-electron chi connectivity index (χ3n) is 3.96. The van der Waals surface area contributed by atoms with Gasteiger partial charge < -0.3 is 5.11 Å². The van der Waals surface area contributed by atoms with E-state index in [1.165, 1.54) is 11.1 Å². The fraction of sp³-hybridized carbons (Fsp3) is 0.714. The Labute approximate surface area is 93.9 Å². The molecule has 1 aliphatic carbocycles. The van der Waals surface area contributed by atoms with Crippen molar-refractivity contribution in [2.45, 2.75) is 40.5 Å². The van der Waals surface area contributed by atoms with Gasteiger partial charge in [0.2, 0.25) is 0 Å². The van der Waals surface area contributed by atoms with Crippen molar-refractivity contribution in [2.24, 2.45) is 17.3 Å². The third kappa shape index (κ3) is 2.52. The summed E-state index contributed by atoms with van der Waals surface area (Å²) in [5, 5.41) is 9.05. The van der Waals surface area contributed by atoms with Crippen LogP contribution in [0.5, 0.6) is 0 Å². The average molecular weight is 208 g/mol. The molecule has 0 fully saturated rings. The lowest BCUT2D eigenvalue weighted by Crippen LogP contribution is -2.23. The van der Waals surface area contributed by atoms with Crippen LogP contribution in [0.2, 0.25) is 0 Å². The summed E-state index contributed by atoms with van der Waals surface area (Å²) in [5.41, 5.74) is 3.03. The van der Waals surface area contributed by atoms with Crippen LogP contribution in [0.3, 0.4) is 0 Å². The molecule has 0 aromatic heterocycles. The molecule has 86 valence electrons. The Bertz CT molecular complexity index is 273. The molecule has 1 aliphatic rings. The zero-order valence-corrected chi connectivity index (χ0v) is 10.5. The molecule has 1 nitrogen and oxygen atoms in total. The van der Waals surface area contributed by atoms with Crippen molar-refractivity contribution >= 4 is 0 Å². The van der Waals surface area contributed by atoms with Crippen molar-refractivity contribution in [3.63, 3.8) is 0 Å². The maximum absolute atomic E-state index is 9.05. The molecule has 0 saturated carbocycles. The molecule has 0 spiro atoms. The quantitative estimate of drug-likeness (QED) is 0.700. The Kier molecular flexibility index (Phi) is 3.77. The van der Waals surface area contributed by atoms with Crippen LogP contribution in [0.4, 0.5) is 0 Å². The third-order valence-corrected chi connectivity index (χ3v) is 3.96. The molecule has 2 atom stereocenters. The topological polar surface area (TPSA) is 20.2 Å². The van der Waals surface area contributed by atoms with Gasteiger partial charge in [0.1, 0.15) is 0 Å². The molecule has 15 heavy (non-hydrogen) atoms. The van der Waals surface area contributed by atoms with Crippen LogP contribution in [-0.2, 0) is 0 Å². The highest BCUT2D eigenvalue weighted by Gasteiger charge is 2.36. The molecule has 0 saturated heterocycles. The van der Waals surface area contributed by atoms with E-state index in [-0.39, 0.29) is 12.0 Å². The van der Waals surface area contributed by atoms with Gasteiger partial charge in [-0.05, 0) is 37.0 Å². The van der Waals surface area contributed by atoms with E-state index < -0.39 is 0 Å². The minimum Gasteiger partial charge on any atom is -0.396 e. The molecular weight excluding hydrogens is 184 g/mol. The normalized spacial score (nSPS) is 26.2. The maximum atomic E-state index is 9.05. The second-order valence-corrected chi connectivity index (χ2v) is 5.55. The lowest BCUT2D eigenvalue weighted by molar-refractivity contribution is 0.228. The highest BCUT2D eigenvalue weighted by Crippen LogP contribution is 2.47. The van der Waals surface area contributed by atoms with Gasteiger partial charge in [-0.2, -0.15) is 0 Å². The molecule has 1 rings (SSSR count). The second-order valence-electron chi connectivity index (χ2n) is 5.55. The van der Waals surface area contributed by atoms with E-state index in [0.29, 0.717) is 11.8 Å². The predicted octanol–water partition coefficient (Wildman–Crippen LogP) is 3.55. The predicted molar refractivity (Wildman–Crippen MR) is 65.7 cm³/mol. The Morgan fingerprint density at radius 3 is 2.67 bits per heavy atom. The number of aliphatic hydroxyl groups excluding tert-OH is 1. The van der Waals surface area contributed by atoms with Crippen molar-refractivity contribution in [3.8, 4) is 0 Å². The summed E-state index contributed by atoms with van der Waals surface area (Å²) in [4.78, 5) is 0. The highest BCUT2D eigenvalue weighted by atomic mass is 16.3. The van der Waals surface area contributed by atoms with Crippen LogP contribution >= 0.6 is 0 Å². The lowest BCUT2D eigenvalue weighted by Gasteiger charge is -2.32. The minimum atomic E-state index is 0.256. The van der Waals surface area contributed by atoms with Gasteiger partial charge in [0.15, 0.2) is 0 Å². The summed E-state index contributed by atoms with van der Waals surface area (Å²) in [7, 11) is 0. The first-order chi connectivity index (χ1) is 6.89. The van der Waals surface area contributed by atoms with Crippen molar-refractivity contribution < 1.29 is 5.11 Å². The lowest BCUT2D eigenvalue weighted by atomic mass is 9.73. The molecule has 0 bridgehead atoms. The summed E-state index contributed by atoms with van der Waals surface area (Å²) in [6.07, 6.45) is 4.40.